The summed E-state index contributed by atoms with van der Waals surface area (Å²) in [5.41, 5.74) is 0.572. The van der Waals surface area contributed by atoms with Gasteiger partial charge in [-0.25, -0.2) is 9.78 Å². The molecule has 2 rings (SSSR count). The highest BCUT2D eigenvalue weighted by Gasteiger charge is 2.23. The third kappa shape index (κ3) is 3.43. The molecule has 0 radical (unpaired) electrons. The number of rotatable bonds is 4. The molecule has 0 aliphatic heterocycles. The SMILES string of the molecule is CCC1CCCC(Oc2ncc(C(=O)O)c(C)n2)C1. The van der Waals surface area contributed by atoms with Crippen LogP contribution in [0.15, 0.2) is 6.20 Å². The molecule has 5 heteroatoms. The number of carboxylic acid groups (broad SMARTS) is 1. The molecule has 1 heterocycles. The maximum absolute atomic E-state index is 10.9. The number of aromatic carboxylic acids is 1. The second kappa shape index (κ2) is 5.99. The Hall–Kier alpha value is -1.65. The average Bonchev–Trinajstić information content (AvgIpc) is 2.38. The van der Waals surface area contributed by atoms with E-state index in [0.717, 1.165) is 18.8 Å². The molecule has 1 saturated carbocycles. The minimum Gasteiger partial charge on any atom is -0.478 e. The summed E-state index contributed by atoms with van der Waals surface area (Å²) >= 11 is 0. The molecule has 2 atom stereocenters. The molecular weight excluding hydrogens is 244 g/mol. The molecule has 0 spiro atoms. The smallest absolute Gasteiger partial charge is 0.339 e. The number of hydrogen-bond donors (Lipinski definition) is 1. The number of ether oxygens (including phenoxy) is 1. The van der Waals surface area contributed by atoms with Gasteiger partial charge in [0.15, 0.2) is 0 Å². The van der Waals surface area contributed by atoms with E-state index in [9.17, 15) is 4.79 Å². The maximum Gasteiger partial charge on any atom is 0.339 e. The first kappa shape index (κ1) is 13.8. The molecule has 0 saturated heterocycles. The maximum atomic E-state index is 10.9. The molecule has 1 aromatic heterocycles. The minimum absolute atomic E-state index is 0.127. The van der Waals surface area contributed by atoms with Crippen molar-refractivity contribution in [1.29, 1.82) is 0 Å². The predicted molar refractivity (Wildman–Crippen MR) is 70.4 cm³/mol. The molecule has 1 fully saturated rings. The zero-order valence-electron chi connectivity index (χ0n) is 11.4. The molecule has 5 nitrogen and oxygen atoms in total. The van der Waals surface area contributed by atoms with Gasteiger partial charge in [-0.3, -0.25) is 0 Å². The quantitative estimate of drug-likeness (QED) is 0.905. The second-order valence-electron chi connectivity index (χ2n) is 5.14. The Morgan fingerprint density at radius 3 is 2.95 bits per heavy atom. The molecule has 0 amide bonds. The number of carboxylic acids is 1. The molecule has 0 bridgehead atoms. The van der Waals surface area contributed by atoms with E-state index >= 15 is 0 Å². The largest absolute Gasteiger partial charge is 0.478 e. The highest BCUT2D eigenvalue weighted by atomic mass is 16.5. The summed E-state index contributed by atoms with van der Waals surface area (Å²) < 4.78 is 5.79. The van der Waals surface area contributed by atoms with Crippen LogP contribution in [0.1, 0.15) is 55.1 Å². The van der Waals surface area contributed by atoms with Gasteiger partial charge >= 0.3 is 12.0 Å². The van der Waals surface area contributed by atoms with Crippen molar-refractivity contribution < 1.29 is 14.6 Å². The standard InChI is InChI=1S/C14H20N2O3/c1-3-10-5-4-6-11(7-10)19-14-15-8-12(13(17)18)9(2)16-14/h8,10-11H,3-7H2,1-2H3,(H,17,18). The highest BCUT2D eigenvalue weighted by Crippen LogP contribution is 2.28. The minimum atomic E-state index is -1.01. The van der Waals surface area contributed by atoms with Crippen LogP contribution in [-0.4, -0.2) is 27.1 Å². The van der Waals surface area contributed by atoms with Crippen LogP contribution in [0, 0.1) is 12.8 Å². The van der Waals surface area contributed by atoms with Crippen molar-refractivity contribution in [2.45, 2.75) is 52.1 Å². The van der Waals surface area contributed by atoms with Gasteiger partial charge in [0, 0.05) is 6.20 Å². The first-order valence-electron chi connectivity index (χ1n) is 6.83. The summed E-state index contributed by atoms with van der Waals surface area (Å²) in [4.78, 5) is 19.0. The Morgan fingerprint density at radius 1 is 1.53 bits per heavy atom. The first-order chi connectivity index (χ1) is 9.10. The van der Waals surface area contributed by atoms with Gasteiger partial charge in [-0.1, -0.05) is 19.8 Å². The zero-order valence-corrected chi connectivity index (χ0v) is 11.4. The van der Waals surface area contributed by atoms with Crippen molar-refractivity contribution in [2.75, 3.05) is 0 Å². The van der Waals surface area contributed by atoms with Crippen molar-refractivity contribution in [3.05, 3.63) is 17.5 Å². The second-order valence-corrected chi connectivity index (χ2v) is 5.14. The number of hydrogen-bond acceptors (Lipinski definition) is 4. The van der Waals surface area contributed by atoms with Gasteiger partial charge in [0.05, 0.1) is 11.3 Å². The lowest BCUT2D eigenvalue weighted by molar-refractivity contribution is 0.0694. The van der Waals surface area contributed by atoms with E-state index in [2.05, 4.69) is 16.9 Å². The third-order valence-corrected chi connectivity index (χ3v) is 3.77. The average molecular weight is 264 g/mol. The van der Waals surface area contributed by atoms with Gasteiger partial charge < -0.3 is 9.84 Å². The lowest BCUT2D eigenvalue weighted by atomic mass is 9.85. The van der Waals surface area contributed by atoms with Gasteiger partial charge in [-0.15, -0.1) is 0 Å². The zero-order chi connectivity index (χ0) is 13.8. The van der Waals surface area contributed by atoms with Crippen LogP contribution in [0.5, 0.6) is 6.01 Å². The summed E-state index contributed by atoms with van der Waals surface area (Å²) in [7, 11) is 0. The molecule has 1 aromatic rings. The molecular formula is C14H20N2O3. The van der Waals surface area contributed by atoms with Gasteiger partial charge in [0.1, 0.15) is 6.10 Å². The fraction of sp³-hybridized carbons (Fsp3) is 0.643. The number of carbonyl (C=O) groups is 1. The Labute approximate surface area is 113 Å². The van der Waals surface area contributed by atoms with Crippen molar-refractivity contribution in [2.24, 2.45) is 5.92 Å². The van der Waals surface area contributed by atoms with Crippen LogP contribution in [0.3, 0.4) is 0 Å². The van der Waals surface area contributed by atoms with Gasteiger partial charge in [-0.2, -0.15) is 4.98 Å². The lowest BCUT2D eigenvalue weighted by Gasteiger charge is -2.28. The first-order valence-corrected chi connectivity index (χ1v) is 6.83. The molecule has 1 aliphatic carbocycles. The summed E-state index contributed by atoms with van der Waals surface area (Å²) in [6.45, 7) is 3.86. The Balaban J connectivity index is 2.03. The van der Waals surface area contributed by atoms with Crippen LogP contribution in [-0.2, 0) is 0 Å². The third-order valence-electron chi connectivity index (χ3n) is 3.77. The van der Waals surface area contributed by atoms with Crippen molar-refractivity contribution in [3.63, 3.8) is 0 Å². The van der Waals surface area contributed by atoms with Crippen LogP contribution in [0.25, 0.3) is 0 Å². The van der Waals surface area contributed by atoms with Crippen LogP contribution in [0.4, 0.5) is 0 Å². The summed E-state index contributed by atoms with van der Waals surface area (Å²) in [6, 6.07) is 0.296. The molecule has 19 heavy (non-hydrogen) atoms. The van der Waals surface area contributed by atoms with Crippen molar-refractivity contribution >= 4 is 5.97 Å². The van der Waals surface area contributed by atoms with E-state index < -0.39 is 5.97 Å². The van der Waals surface area contributed by atoms with Crippen molar-refractivity contribution in [1.82, 2.24) is 9.97 Å². The van der Waals surface area contributed by atoms with Crippen LogP contribution < -0.4 is 4.74 Å². The Bertz CT molecular complexity index is 462. The molecule has 104 valence electrons. The fourth-order valence-electron chi connectivity index (χ4n) is 2.58. The highest BCUT2D eigenvalue weighted by molar-refractivity contribution is 5.88. The van der Waals surface area contributed by atoms with Crippen LogP contribution >= 0.6 is 0 Å². The van der Waals surface area contributed by atoms with E-state index in [1.54, 1.807) is 6.92 Å². The Morgan fingerprint density at radius 2 is 2.32 bits per heavy atom. The van der Waals surface area contributed by atoms with E-state index in [1.807, 2.05) is 0 Å². The number of nitrogens with zero attached hydrogens (tertiary/aromatic N) is 2. The number of aryl methyl sites for hydroxylation is 1. The monoisotopic (exact) mass is 264 g/mol. The summed E-state index contributed by atoms with van der Waals surface area (Å²) in [5, 5.41) is 8.92. The van der Waals surface area contributed by atoms with E-state index in [1.165, 1.54) is 25.5 Å². The fourth-order valence-corrected chi connectivity index (χ4v) is 2.58. The van der Waals surface area contributed by atoms with Crippen LogP contribution in [0.2, 0.25) is 0 Å². The predicted octanol–water partition coefficient (Wildman–Crippen LogP) is 2.83. The van der Waals surface area contributed by atoms with Gasteiger partial charge in [0.2, 0.25) is 0 Å². The molecule has 2 unspecified atom stereocenters. The topological polar surface area (TPSA) is 72.3 Å². The summed E-state index contributed by atoms with van der Waals surface area (Å²) in [6.07, 6.45) is 7.18. The van der Waals surface area contributed by atoms with Gasteiger partial charge in [-0.05, 0) is 32.1 Å². The number of aromatic nitrogens is 2. The molecule has 1 N–H and O–H groups in total. The molecule has 0 aromatic carbocycles. The Kier molecular flexibility index (Phi) is 4.35. The van der Waals surface area contributed by atoms with E-state index in [4.69, 9.17) is 9.84 Å². The van der Waals surface area contributed by atoms with Crippen molar-refractivity contribution in [3.8, 4) is 6.01 Å². The normalized spacial score (nSPS) is 23.1. The molecule has 1 aliphatic rings. The van der Waals surface area contributed by atoms with E-state index in [0.29, 0.717) is 11.7 Å². The van der Waals surface area contributed by atoms with E-state index in [-0.39, 0.29) is 11.7 Å². The summed E-state index contributed by atoms with van der Waals surface area (Å²) in [5.74, 6) is -0.286. The van der Waals surface area contributed by atoms with Gasteiger partial charge in [0.25, 0.3) is 0 Å². The lowest BCUT2D eigenvalue weighted by Crippen LogP contribution is -2.26.